The molecule has 5 heteroatoms. The summed E-state index contributed by atoms with van der Waals surface area (Å²) in [5.41, 5.74) is 1.01. The van der Waals surface area contributed by atoms with Gasteiger partial charge in [-0.2, -0.15) is 28.6 Å². The Morgan fingerprint density at radius 3 is 2.89 bits per heavy atom. The first-order valence-corrected chi connectivity index (χ1v) is 9.17. The van der Waals surface area contributed by atoms with Crippen LogP contribution >= 0.6 is 23.5 Å². The molecule has 19 heavy (non-hydrogen) atoms. The maximum absolute atomic E-state index is 10.4. The second-order valence-electron chi connectivity index (χ2n) is 5.23. The van der Waals surface area contributed by atoms with E-state index in [0.717, 1.165) is 17.9 Å². The van der Waals surface area contributed by atoms with E-state index < -0.39 is 0 Å². The number of rotatable bonds is 5. The van der Waals surface area contributed by atoms with E-state index in [1.54, 1.807) is 0 Å². The molecule has 2 rings (SSSR count). The van der Waals surface area contributed by atoms with Crippen molar-refractivity contribution >= 4 is 23.5 Å². The average Bonchev–Trinajstić information content (AvgIpc) is 2.86. The van der Waals surface area contributed by atoms with Crippen molar-refractivity contribution in [3.05, 3.63) is 18.0 Å². The van der Waals surface area contributed by atoms with Crippen molar-refractivity contribution < 1.29 is 5.11 Å². The van der Waals surface area contributed by atoms with E-state index in [1.165, 1.54) is 5.75 Å². The number of aliphatic hydroxyl groups excluding tert-OH is 1. The molecule has 0 amide bonds. The molecule has 0 radical (unpaired) electrons. The van der Waals surface area contributed by atoms with Crippen LogP contribution in [0, 0.1) is 0 Å². The highest BCUT2D eigenvalue weighted by Gasteiger charge is 2.29. The standard InChI is InChI=1S/C14H24N2OS2/c1-4-10(2)16-6-5-12(15-16)9-13(17)14-11(3)18-7-8-19-14/h5-6,10-11,13-14,17H,4,7-9H2,1-3H3. The van der Waals surface area contributed by atoms with Crippen LogP contribution in [0.4, 0.5) is 0 Å². The van der Waals surface area contributed by atoms with Crippen molar-refractivity contribution in [2.45, 2.75) is 56.3 Å². The molecule has 0 bridgehead atoms. The van der Waals surface area contributed by atoms with E-state index in [4.69, 9.17) is 0 Å². The average molecular weight is 300 g/mol. The summed E-state index contributed by atoms with van der Waals surface area (Å²) in [6, 6.07) is 2.48. The molecule has 1 fully saturated rings. The molecule has 4 unspecified atom stereocenters. The minimum atomic E-state index is -0.284. The molecule has 4 atom stereocenters. The van der Waals surface area contributed by atoms with Crippen LogP contribution in [0.1, 0.15) is 38.9 Å². The molecule has 1 aromatic rings. The number of nitrogens with zero attached hydrogens (tertiary/aromatic N) is 2. The number of aliphatic hydroxyl groups is 1. The number of thioether (sulfide) groups is 2. The Morgan fingerprint density at radius 2 is 2.21 bits per heavy atom. The summed E-state index contributed by atoms with van der Waals surface area (Å²) in [5.74, 6) is 2.36. The topological polar surface area (TPSA) is 38.0 Å². The maximum Gasteiger partial charge on any atom is 0.0725 e. The van der Waals surface area contributed by atoms with Gasteiger partial charge in [0.25, 0.3) is 0 Å². The third kappa shape index (κ3) is 3.92. The summed E-state index contributed by atoms with van der Waals surface area (Å²) in [4.78, 5) is 0. The smallest absolute Gasteiger partial charge is 0.0725 e. The summed E-state index contributed by atoms with van der Waals surface area (Å²) in [6.45, 7) is 6.56. The molecule has 3 nitrogen and oxygen atoms in total. The highest BCUT2D eigenvalue weighted by atomic mass is 32.2. The first-order chi connectivity index (χ1) is 9.11. The minimum absolute atomic E-state index is 0.284. The highest BCUT2D eigenvalue weighted by molar-refractivity contribution is 8.07. The Hall–Kier alpha value is -0.130. The van der Waals surface area contributed by atoms with Crippen molar-refractivity contribution in [2.24, 2.45) is 0 Å². The van der Waals surface area contributed by atoms with Gasteiger partial charge in [-0.25, -0.2) is 0 Å². The zero-order valence-electron chi connectivity index (χ0n) is 12.0. The third-order valence-electron chi connectivity index (χ3n) is 3.74. The molecule has 1 aliphatic heterocycles. The van der Waals surface area contributed by atoms with E-state index in [-0.39, 0.29) is 6.10 Å². The molecule has 2 heterocycles. The van der Waals surface area contributed by atoms with Crippen molar-refractivity contribution in [3.63, 3.8) is 0 Å². The Bertz CT molecular complexity index is 397. The number of hydrogen-bond donors (Lipinski definition) is 1. The molecule has 0 saturated carbocycles. The van der Waals surface area contributed by atoms with Gasteiger partial charge in [0.1, 0.15) is 0 Å². The van der Waals surface area contributed by atoms with Gasteiger partial charge in [-0.1, -0.05) is 13.8 Å². The zero-order valence-corrected chi connectivity index (χ0v) is 13.6. The van der Waals surface area contributed by atoms with E-state index in [2.05, 4.69) is 25.9 Å². The Labute approximate surface area is 124 Å². The van der Waals surface area contributed by atoms with Gasteiger partial charge in [-0.15, -0.1) is 0 Å². The van der Waals surface area contributed by atoms with E-state index in [9.17, 15) is 5.11 Å². The first kappa shape index (κ1) is 15.3. The summed E-state index contributed by atoms with van der Waals surface area (Å²) in [5, 5.41) is 15.9. The lowest BCUT2D eigenvalue weighted by molar-refractivity contribution is 0.170. The first-order valence-electron chi connectivity index (χ1n) is 7.07. The van der Waals surface area contributed by atoms with Crippen molar-refractivity contribution in [1.29, 1.82) is 0 Å². The molecule has 108 valence electrons. The largest absolute Gasteiger partial charge is 0.392 e. The van der Waals surface area contributed by atoms with Gasteiger partial charge in [0.2, 0.25) is 0 Å². The lowest BCUT2D eigenvalue weighted by atomic mass is 10.1. The lowest BCUT2D eigenvalue weighted by Crippen LogP contribution is -2.36. The Morgan fingerprint density at radius 1 is 1.47 bits per heavy atom. The molecule has 1 N–H and O–H groups in total. The van der Waals surface area contributed by atoms with E-state index in [0.29, 0.717) is 23.0 Å². The maximum atomic E-state index is 10.4. The third-order valence-corrected chi connectivity index (χ3v) is 6.98. The number of aromatic nitrogens is 2. The molecule has 1 aromatic heterocycles. The number of hydrogen-bond acceptors (Lipinski definition) is 4. The van der Waals surface area contributed by atoms with E-state index in [1.807, 2.05) is 40.5 Å². The van der Waals surface area contributed by atoms with Gasteiger partial charge >= 0.3 is 0 Å². The van der Waals surface area contributed by atoms with Crippen LogP contribution in [-0.2, 0) is 6.42 Å². The van der Waals surface area contributed by atoms with Crippen molar-refractivity contribution in [1.82, 2.24) is 9.78 Å². The summed E-state index contributed by atoms with van der Waals surface area (Å²) >= 11 is 3.88. The monoisotopic (exact) mass is 300 g/mol. The fraction of sp³-hybridized carbons (Fsp3) is 0.786. The molecule has 1 saturated heterocycles. The summed E-state index contributed by atoms with van der Waals surface area (Å²) < 4.78 is 2.01. The summed E-state index contributed by atoms with van der Waals surface area (Å²) in [7, 11) is 0. The summed E-state index contributed by atoms with van der Waals surface area (Å²) in [6.07, 6.45) is 3.50. The van der Waals surface area contributed by atoms with Crippen LogP contribution in [0.25, 0.3) is 0 Å². The predicted molar refractivity (Wildman–Crippen MR) is 85.1 cm³/mol. The van der Waals surface area contributed by atoms with Crippen LogP contribution in [0.2, 0.25) is 0 Å². The van der Waals surface area contributed by atoms with Crippen LogP contribution in [-0.4, -0.2) is 43.0 Å². The van der Waals surface area contributed by atoms with Crippen LogP contribution < -0.4 is 0 Å². The molecule has 0 spiro atoms. The zero-order chi connectivity index (χ0) is 13.8. The predicted octanol–water partition coefficient (Wildman–Crippen LogP) is 2.99. The Balaban J connectivity index is 1.94. The van der Waals surface area contributed by atoms with E-state index >= 15 is 0 Å². The fourth-order valence-corrected chi connectivity index (χ4v) is 5.17. The molecule has 1 aliphatic rings. The normalized spacial score (nSPS) is 27.2. The van der Waals surface area contributed by atoms with Gasteiger partial charge in [-0.05, 0) is 19.4 Å². The molecular formula is C14H24N2OS2. The van der Waals surface area contributed by atoms with Crippen molar-refractivity contribution in [3.8, 4) is 0 Å². The van der Waals surface area contributed by atoms with Crippen molar-refractivity contribution in [2.75, 3.05) is 11.5 Å². The van der Waals surface area contributed by atoms with Crippen LogP contribution in [0.3, 0.4) is 0 Å². The van der Waals surface area contributed by atoms with Crippen LogP contribution in [0.5, 0.6) is 0 Å². The van der Waals surface area contributed by atoms with Gasteiger partial charge in [0.05, 0.1) is 11.8 Å². The molecular weight excluding hydrogens is 276 g/mol. The van der Waals surface area contributed by atoms with Crippen LogP contribution in [0.15, 0.2) is 12.3 Å². The van der Waals surface area contributed by atoms with Gasteiger partial charge in [0, 0.05) is 40.7 Å². The van der Waals surface area contributed by atoms with Gasteiger partial charge in [0.15, 0.2) is 0 Å². The molecule has 0 aliphatic carbocycles. The molecule has 0 aromatic carbocycles. The minimum Gasteiger partial charge on any atom is -0.392 e. The Kier molecular flexibility index (Phi) is 5.66. The lowest BCUT2D eigenvalue weighted by Gasteiger charge is -2.31. The second kappa shape index (κ2) is 7.04. The highest BCUT2D eigenvalue weighted by Crippen LogP contribution is 2.33. The fourth-order valence-electron chi connectivity index (χ4n) is 2.32. The van der Waals surface area contributed by atoms with Gasteiger partial charge < -0.3 is 5.11 Å². The SMILES string of the molecule is CCC(C)n1ccc(CC(O)C2SCCSC2C)n1. The quantitative estimate of drug-likeness (QED) is 0.907. The van der Waals surface area contributed by atoms with Gasteiger partial charge in [-0.3, -0.25) is 4.68 Å². The second-order valence-corrected chi connectivity index (χ2v) is 8.00.